The Morgan fingerprint density at radius 3 is 2.30 bits per heavy atom. The van der Waals surface area contributed by atoms with Gasteiger partial charge in [0.15, 0.2) is 0 Å². The first kappa shape index (κ1) is 16.3. The van der Waals surface area contributed by atoms with Crippen LogP contribution in [-0.2, 0) is 10.0 Å². The van der Waals surface area contributed by atoms with Gasteiger partial charge in [0.05, 0.1) is 4.90 Å². The van der Waals surface area contributed by atoms with E-state index < -0.39 is 16.1 Å². The van der Waals surface area contributed by atoms with E-state index in [9.17, 15) is 13.2 Å². The van der Waals surface area contributed by atoms with Gasteiger partial charge < -0.3 is 11.1 Å². The van der Waals surface area contributed by atoms with Crippen LogP contribution in [0.3, 0.4) is 0 Å². The Balaban J connectivity index is 2.92. The molecular formula is C13H21N3O3S. The second-order valence-corrected chi connectivity index (χ2v) is 6.32. The third kappa shape index (κ3) is 4.12. The number of hydrogen-bond donors (Lipinski definition) is 3. The molecule has 7 heteroatoms. The Labute approximate surface area is 119 Å². The summed E-state index contributed by atoms with van der Waals surface area (Å²) in [6, 6.07) is 2.42. The summed E-state index contributed by atoms with van der Waals surface area (Å²) < 4.78 is 26.4. The molecule has 4 N–H and O–H groups in total. The van der Waals surface area contributed by atoms with Crippen molar-refractivity contribution in [2.24, 2.45) is 0 Å². The number of unbranched alkanes of at least 4 members (excludes halogenated alkanes) is 1. The predicted molar refractivity (Wildman–Crippen MR) is 79.0 cm³/mol. The fourth-order valence-electron chi connectivity index (χ4n) is 2.00. The molecule has 0 aromatic heterocycles. The molecule has 1 rings (SSSR count). The molecule has 0 atom stereocenters. The number of anilines is 1. The van der Waals surface area contributed by atoms with Crippen LogP contribution in [0.1, 0.15) is 30.9 Å². The molecule has 0 aliphatic heterocycles. The summed E-state index contributed by atoms with van der Waals surface area (Å²) in [5.74, 6) is 0. The first-order valence-corrected chi connectivity index (χ1v) is 7.93. The molecule has 0 heterocycles. The van der Waals surface area contributed by atoms with Crippen LogP contribution >= 0.6 is 0 Å². The largest absolute Gasteiger partial charge is 0.399 e. The third-order valence-electron chi connectivity index (χ3n) is 2.79. The first-order valence-electron chi connectivity index (χ1n) is 6.45. The molecule has 0 spiro atoms. The van der Waals surface area contributed by atoms with Gasteiger partial charge in [0.25, 0.3) is 10.0 Å². The number of urea groups is 1. The van der Waals surface area contributed by atoms with Crippen molar-refractivity contribution >= 4 is 21.7 Å². The van der Waals surface area contributed by atoms with Gasteiger partial charge >= 0.3 is 6.03 Å². The maximum atomic E-state index is 12.2. The molecule has 112 valence electrons. The number of carbonyl (C=O) groups is 1. The number of rotatable bonds is 5. The lowest BCUT2D eigenvalue weighted by molar-refractivity contribution is 0.245. The maximum Gasteiger partial charge on any atom is 0.328 e. The zero-order valence-electron chi connectivity index (χ0n) is 12.0. The summed E-state index contributed by atoms with van der Waals surface area (Å²) in [6.07, 6.45) is 1.72. The Hall–Kier alpha value is -1.76. The smallest absolute Gasteiger partial charge is 0.328 e. The summed E-state index contributed by atoms with van der Waals surface area (Å²) in [5, 5.41) is 2.51. The summed E-state index contributed by atoms with van der Waals surface area (Å²) in [4.78, 5) is 11.7. The number of amides is 2. The Kier molecular flexibility index (Phi) is 5.38. The number of nitrogens with two attached hydrogens (primary N) is 1. The van der Waals surface area contributed by atoms with Gasteiger partial charge in [-0.3, -0.25) is 0 Å². The highest BCUT2D eigenvalue weighted by Crippen LogP contribution is 2.22. The number of sulfonamides is 1. The molecule has 0 bridgehead atoms. The van der Waals surface area contributed by atoms with Crippen molar-refractivity contribution in [3.05, 3.63) is 23.3 Å². The van der Waals surface area contributed by atoms with Crippen LogP contribution in [0.25, 0.3) is 0 Å². The van der Waals surface area contributed by atoms with Crippen LogP contribution in [0, 0.1) is 13.8 Å². The predicted octanol–water partition coefficient (Wildman–Crippen LogP) is 1.67. The van der Waals surface area contributed by atoms with Crippen molar-refractivity contribution in [2.75, 3.05) is 12.3 Å². The molecule has 20 heavy (non-hydrogen) atoms. The van der Waals surface area contributed by atoms with Crippen LogP contribution in [-0.4, -0.2) is 21.0 Å². The molecule has 0 saturated heterocycles. The standard InChI is InChI=1S/C13H21N3O3S/c1-4-5-6-15-13(17)16-20(18,19)12-9(2)7-11(14)8-10(12)3/h7-8H,4-6,14H2,1-3H3,(H2,15,16,17). The molecule has 2 amide bonds. The molecule has 0 saturated carbocycles. The van der Waals surface area contributed by atoms with E-state index in [1.54, 1.807) is 26.0 Å². The minimum absolute atomic E-state index is 0.0948. The summed E-state index contributed by atoms with van der Waals surface area (Å²) in [6.45, 7) is 5.72. The minimum atomic E-state index is -3.89. The van der Waals surface area contributed by atoms with Crippen molar-refractivity contribution in [3.63, 3.8) is 0 Å². The highest BCUT2D eigenvalue weighted by molar-refractivity contribution is 7.90. The highest BCUT2D eigenvalue weighted by atomic mass is 32.2. The van der Waals surface area contributed by atoms with E-state index in [1.165, 1.54) is 0 Å². The molecule has 1 aromatic rings. The fraction of sp³-hybridized carbons (Fsp3) is 0.462. The van der Waals surface area contributed by atoms with Crippen molar-refractivity contribution in [1.82, 2.24) is 10.0 Å². The fourth-order valence-corrected chi connectivity index (χ4v) is 3.38. The van der Waals surface area contributed by atoms with Gasteiger partial charge in [0.1, 0.15) is 0 Å². The van der Waals surface area contributed by atoms with Crippen molar-refractivity contribution < 1.29 is 13.2 Å². The van der Waals surface area contributed by atoms with Crippen LogP contribution in [0.15, 0.2) is 17.0 Å². The SMILES string of the molecule is CCCCNC(=O)NS(=O)(=O)c1c(C)cc(N)cc1C. The lowest BCUT2D eigenvalue weighted by Crippen LogP contribution is -2.40. The number of benzene rings is 1. The number of carbonyl (C=O) groups excluding carboxylic acids is 1. The first-order chi connectivity index (χ1) is 9.27. The van der Waals surface area contributed by atoms with E-state index in [0.717, 1.165) is 12.8 Å². The quantitative estimate of drug-likeness (QED) is 0.568. The van der Waals surface area contributed by atoms with Crippen LogP contribution in [0.5, 0.6) is 0 Å². The number of nitrogen functional groups attached to an aromatic ring is 1. The lowest BCUT2D eigenvalue weighted by atomic mass is 10.1. The molecule has 0 fully saturated rings. The van der Waals surface area contributed by atoms with E-state index >= 15 is 0 Å². The van der Waals surface area contributed by atoms with Gasteiger partial charge in [0.2, 0.25) is 0 Å². The second kappa shape index (κ2) is 6.60. The molecule has 1 aromatic carbocycles. The van der Waals surface area contributed by atoms with E-state index in [4.69, 9.17) is 5.73 Å². The van der Waals surface area contributed by atoms with Gasteiger partial charge in [-0.15, -0.1) is 0 Å². The number of hydrogen-bond acceptors (Lipinski definition) is 4. The van der Waals surface area contributed by atoms with Crippen LogP contribution in [0.4, 0.5) is 10.5 Å². The van der Waals surface area contributed by atoms with E-state index in [0.29, 0.717) is 23.4 Å². The van der Waals surface area contributed by atoms with Gasteiger partial charge in [-0.1, -0.05) is 13.3 Å². The van der Waals surface area contributed by atoms with Crippen molar-refractivity contribution in [1.29, 1.82) is 0 Å². The minimum Gasteiger partial charge on any atom is -0.399 e. The molecule has 0 unspecified atom stereocenters. The molecular weight excluding hydrogens is 278 g/mol. The van der Waals surface area contributed by atoms with E-state index in [2.05, 4.69) is 5.32 Å². The zero-order valence-corrected chi connectivity index (χ0v) is 12.8. The number of aryl methyl sites for hydroxylation is 2. The van der Waals surface area contributed by atoms with Crippen molar-refractivity contribution in [2.45, 2.75) is 38.5 Å². The van der Waals surface area contributed by atoms with E-state index in [1.807, 2.05) is 11.6 Å². The van der Waals surface area contributed by atoms with Crippen LogP contribution < -0.4 is 15.8 Å². The van der Waals surface area contributed by atoms with Gasteiger partial charge in [0, 0.05) is 12.2 Å². The van der Waals surface area contributed by atoms with E-state index in [-0.39, 0.29) is 4.90 Å². The average molecular weight is 299 g/mol. The Morgan fingerprint density at radius 1 is 1.25 bits per heavy atom. The van der Waals surface area contributed by atoms with Gasteiger partial charge in [-0.2, -0.15) is 0 Å². The molecule has 0 aliphatic rings. The number of nitrogens with one attached hydrogen (secondary N) is 2. The summed E-state index contributed by atoms with van der Waals surface area (Å²) >= 11 is 0. The Bertz CT molecular complexity index is 574. The summed E-state index contributed by atoms with van der Waals surface area (Å²) in [5.41, 5.74) is 7.17. The average Bonchev–Trinajstić information content (AvgIpc) is 2.26. The van der Waals surface area contributed by atoms with Gasteiger partial charge in [-0.25, -0.2) is 17.9 Å². The topological polar surface area (TPSA) is 101 Å². The monoisotopic (exact) mass is 299 g/mol. The van der Waals surface area contributed by atoms with Gasteiger partial charge in [-0.05, 0) is 43.5 Å². The van der Waals surface area contributed by atoms with Crippen LogP contribution in [0.2, 0.25) is 0 Å². The molecule has 0 aliphatic carbocycles. The highest BCUT2D eigenvalue weighted by Gasteiger charge is 2.22. The maximum absolute atomic E-state index is 12.2. The Morgan fingerprint density at radius 2 is 1.80 bits per heavy atom. The summed E-state index contributed by atoms with van der Waals surface area (Å²) in [7, 11) is -3.89. The third-order valence-corrected chi connectivity index (χ3v) is 4.43. The second-order valence-electron chi connectivity index (χ2n) is 4.70. The molecule has 0 radical (unpaired) electrons. The lowest BCUT2D eigenvalue weighted by Gasteiger charge is -2.13. The normalized spacial score (nSPS) is 11.2. The zero-order chi connectivity index (χ0) is 15.3. The molecule has 6 nitrogen and oxygen atoms in total. The van der Waals surface area contributed by atoms with Crippen molar-refractivity contribution in [3.8, 4) is 0 Å².